The molecule has 0 atom stereocenters. The van der Waals surface area contributed by atoms with Gasteiger partial charge in [-0.15, -0.1) is 11.3 Å². The van der Waals surface area contributed by atoms with E-state index in [1.165, 1.54) is 0 Å². The van der Waals surface area contributed by atoms with Gasteiger partial charge in [0.2, 0.25) is 5.88 Å². The third-order valence-corrected chi connectivity index (χ3v) is 2.97. The molecule has 0 unspecified atom stereocenters. The molecule has 2 aromatic heterocycles. The van der Waals surface area contributed by atoms with E-state index in [0.717, 1.165) is 17.4 Å². The number of ether oxygens (including phenoxy) is 1. The number of hydrogen-bond donors (Lipinski definition) is 0. The Bertz CT molecular complexity index is 487. The summed E-state index contributed by atoms with van der Waals surface area (Å²) in [7, 11) is 1.96. The first-order valence-electron chi connectivity index (χ1n) is 5.73. The Hall–Kier alpha value is -1.69. The van der Waals surface area contributed by atoms with E-state index in [1.54, 1.807) is 29.9 Å². The maximum absolute atomic E-state index is 5.53. The molecule has 0 aromatic carbocycles. The van der Waals surface area contributed by atoms with E-state index in [0.29, 0.717) is 5.88 Å². The van der Waals surface area contributed by atoms with E-state index in [9.17, 15) is 0 Å². The highest BCUT2D eigenvalue weighted by Crippen LogP contribution is 2.16. The molecule has 0 radical (unpaired) electrons. The van der Waals surface area contributed by atoms with Gasteiger partial charge in [0.05, 0.1) is 25.0 Å². The number of hydrogen-bond acceptors (Lipinski definition) is 6. The van der Waals surface area contributed by atoms with Crippen molar-refractivity contribution in [2.45, 2.75) is 26.5 Å². The third-order valence-electron chi connectivity index (χ3n) is 2.20. The molecule has 0 aliphatic heterocycles. The van der Waals surface area contributed by atoms with Crippen LogP contribution in [0.2, 0.25) is 0 Å². The Labute approximate surface area is 110 Å². The van der Waals surface area contributed by atoms with Gasteiger partial charge in [-0.25, -0.2) is 4.98 Å². The smallest absolute Gasteiger partial charge is 0.234 e. The summed E-state index contributed by atoms with van der Waals surface area (Å²) < 4.78 is 5.53. The van der Waals surface area contributed by atoms with Gasteiger partial charge in [-0.05, 0) is 13.8 Å². The van der Waals surface area contributed by atoms with Crippen molar-refractivity contribution >= 4 is 17.2 Å². The first-order chi connectivity index (χ1) is 8.65. The molecular formula is C12H16N4OS. The van der Waals surface area contributed by atoms with Gasteiger partial charge in [-0.1, -0.05) is 0 Å². The van der Waals surface area contributed by atoms with Crippen LogP contribution in [0.5, 0.6) is 5.88 Å². The highest BCUT2D eigenvalue weighted by Gasteiger charge is 2.08. The summed E-state index contributed by atoms with van der Waals surface area (Å²) in [5.41, 5.74) is 0. The van der Waals surface area contributed by atoms with Crippen molar-refractivity contribution in [1.82, 2.24) is 15.0 Å². The van der Waals surface area contributed by atoms with Crippen LogP contribution in [0.4, 0.5) is 5.82 Å². The molecule has 0 aliphatic carbocycles. The molecule has 2 heterocycles. The third kappa shape index (κ3) is 3.40. The molecule has 6 heteroatoms. The van der Waals surface area contributed by atoms with Crippen molar-refractivity contribution in [3.8, 4) is 5.88 Å². The van der Waals surface area contributed by atoms with Crippen molar-refractivity contribution in [2.75, 3.05) is 11.9 Å². The van der Waals surface area contributed by atoms with E-state index in [-0.39, 0.29) is 6.10 Å². The molecule has 0 spiro atoms. The predicted octanol–water partition coefficient (Wildman–Crippen LogP) is 2.36. The summed E-state index contributed by atoms with van der Waals surface area (Å²) in [5.74, 6) is 1.33. The summed E-state index contributed by atoms with van der Waals surface area (Å²) in [6, 6.07) is 0. The normalized spacial score (nSPS) is 10.7. The molecular weight excluding hydrogens is 248 g/mol. The van der Waals surface area contributed by atoms with E-state index < -0.39 is 0 Å². The van der Waals surface area contributed by atoms with Crippen LogP contribution in [0.3, 0.4) is 0 Å². The van der Waals surface area contributed by atoms with Crippen LogP contribution in [-0.4, -0.2) is 28.1 Å². The minimum absolute atomic E-state index is 0.0961. The molecule has 0 aliphatic rings. The van der Waals surface area contributed by atoms with E-state index in [4.69, 9.17) is 4.74 Å². The summed E-state index contributed by atoms with van der Waals surface area (Å²) in [4.78, 5) is 14.8. The Kier molecular flexibility index (Phi) is 4.09. The zero-order chi connectivity index (χ0) is 13.0. The molecule has 18 heavy (non-hydrogen) atoms. The van der Waals surface area contributed by atoms with Gasteiger partial charge in [0.25, 0.3) is 0 Å². The van der Waals surface area contributed by atoms with Crippen LogP contribution < -0.4 is 9.64 Å². The highest BCUT2D eigenvalue weighted by molar-refractivity contribution is 7.09. The summed E-state index contributed by atoms with van der Waals surface area (Å²) in [6.07, 6.45) is 5.25. The van der Waals surface area contributed by atoms with Crippen molar-refractivity contribution in [3.63, 3.8) is 0 Å². The van der Waals surface area contributed by atoms with Crippen LogP contribution in [0.1, 0.15) is 18.9 Å². The molecule has 0 bridgehead atoms. The zero-order valence-electron chi connectivity index (χ0n) is 10.7. The summed E-state index contributed by atoms with van der Waals surface area (Å²) >= 11 is 1.63. The Morgan fingerprint density at radius 3 is 2.89 bits per heavy atom. The number of thiazole rings is 1. The maximum atomic E-state index is 5.53. The van der Waals surface area contributed by atoms with E-state index in [2.05, 4.69) is 15.0 Å². The molecule has 0 fully saturated rings. The van der Waals surface area contributed by atoms with Crippen LogP contribution in [-0.2, 0) is 6.54 Å². The maximum Gasteiger partial charge on any atom is 0.234 e. The lowest BCUT2D eigenvalue weighted by molar-refractivity contribution is 0.231. The van der Waals surface area contributed by atoms with Crippen molar-refractivity contribution in [3.05, 3.63) is 29.0 Å². The SMILES string of the molecule is CC(C)Oc1cncc(N(C)Cc2nccs2)n1. The lowest BCUT2D eigenvalue weighted by Gasteiger charge is -2.17. The fraction of sp³-hybridized carbons (Fsp3) is 0.417. The first-order valence-corrected chi connectivity index (χ1v) is 6.61. The van der Waals surface area contributed by atoms with Gasteiger partial charge in [-0.2, -0.15) is 4.98 Å². The zero-order valence-corrected chi connectivity index (χ0v) is 11.5. The molecule has 0 saturated heterocycles. The summed E-state index contributed by atoms with van der Waals surface area (Å²) in [5, 5.41) is 3.02. The highest BCUT2D eigenvalue weighted by atomic mass is 32.1. The minimum atomic E-state index is 0.0961. The predicted molar refractivity (Wildman–Crippen MR) is 72.0 cm³/mol. The fourth-order valence-electron chi connectivity index (χ4n) is 1.44. The molecule has 2 aromatic rings. The first kappa shape index (κ1) is 12.8. The van der Waals surface area contributed by atoms with E-state index >= 15 is 0 Å². The Morgan fingerprint density at radius 2 is 2.22 bits per heavy atom. The molecule has 0 amide bonds. The number of aromatic nitrogens is 3. The van der Waals surface area contributed by atoms with Gasteiger partial charge < -0.3 is 9.64 Å². The second-order valence-electron chi connectivity index (χ2n) is 4.16. The average molecular weight is 264 g/mol. The topological polar surface area (TPSA) is 51.1 Å². The molecule has 0 saturated carbocycles. The quantitative estimate of drug-likeness (QED) is 0.829. The fourth-order valence-corrected chi connectivity index (χ4v) is 2.10. The minimum Gasteiger partial charge on any atom is -0.474 e. The van der Waals surface area contributed by atoms with Crippen LogP contribution in [0.15, 0.2) is 24.0 Å². The van der Waals surface area contributed by atoms with Gasteiger partial charge in [0.15, 0.2) is 5.82 Å². The van der Waals surface area contributed by atoms with Crippen molar-refractivity contribution < 1.29 is 4.74 Å². The molecule has 5 nitrogen and oxygen atoms in total. The Morgan fingerprint density at radius 1 is 1.39 bits per heavy atom. The van der Waals surface area contributed by atoms with Gasteiger partial charge in [0, 0.05) is 18.6 Å². The van der Waals surface area contributed by atoms with E-state index in [1.807, 2.05) is 31.2 Å². The van der Waals surface area contributed by atoms with Crippen LogP contribution in [0.25, 0.3) is 0 Å². The second-order valence-corrected chi connectivity index (χ2v) is 5.14. The molecule has 96 valence electrons. The van der Waals surface area contributed by atoms with Crippen LogP contribution in [0, 0.1) is 0 Å². The lowest BCUT2D eigenvalue weighted by atomic mass is 10.5. The average Bonchev–Trinajstić information content (AvgIpc) is 2.81. The monoisotopic (exact) mass is 264 g/mol. The standard InChI is InChI=1S/C12H16N4OS/c1-9(2)17-11-7-13-6-10(15-11)16(3)8-12-14-4-5-18-12/h4-7,9H,8H2,1-3H3. The van der Waals surface area contributed by atoms with Crippen LogP contribution >= 0.6 is 11.3 Å². The summed E-state index contributed by atoms with van der Waals surface area (Å²) in [6.45, 7) is 4.65. The van der Waals surface area contributed by atoms with Gasteiger partial charge in [0.1, 0.15) is 5.01 Å². The molecule has 0 N–H and O–H groups in total. The van der Waals surface area contributed by atoms with Gasteiger partial charge in [-0.3, -0.25) is 4.98 Å². The number of rotatable bonds is 5. The number of anilines is 1. The van der Waals surface area contributed by atoms with Gasteiger partial charge >= 0.3 is 0 Å². The largest absolute Gasteiger partial charge is 0.474 e. The Balaban J connectivity index is 2.07. The second kappa shape index (κ2) is 5.77. The van der Waals surface area contributed by atoms with Crippen molar-refractivity contribution in [1.29, 1.82) is 0 Å². The lowest BCUT2D eigenvalue weighted by Crippen LogP contribution is -2.18. The molecule has 2 rings (SSSR count). The number of nitrogens with zero attached hydrogens (tertiary/aromatic N) is 4. The van der Waals surface area contributed by atoms with Crippen molar-refractivity contribution in [2.24, 2.45) is 0 Å².